The van der Waals surface area contributed by atoms with Gasteiger partial charge in [0.2, 0.25) is 5.91 Å². The number of hydrogen-bond acceptors (Lipinski definition) is 3. The summed E-state index contributed by atoms with van der Waals surface area (Å²) in [5, 5.41) is 7.19. The number of nitrogens with one attached hydrogen (secondary N) is 1. The van der Waals surface area contributed by atoms with Gasteiger partial charge >= 0.3 is 0 Å². The molecule has 1 atom stereocenters. The highest BCUT2D eigenvalue weighted by Gasteiger charge is 2.28. The molecule has 4 rings (SSSR count). The van der Waals surface area contributed by atoms with Crippen molar-refractivity contribution < 1.29 is 4.79 Å². The van der Waals surface area contributed by atoms with Crippen molar-refractivity contribution in [1.82, 2.24) is 24.6 Å². The van der Waals surface area contributed by atoms with Crippen LogP contribution in [0.4, 0.5) is 0 Å². The highest BCUT2D eigenvalue weighted by Crippen LogP contribution is 2.26. The van der Waals surface area contributed by atoms with Crippen molar-refractivity contribution in [3.8, 4) is 0 Å². The van der Waals surface area contributed by atoms with E-state index in [-0.39, 0.29) is 5.91 Å². The van der Waals surface area contributed by atoms with E-state index < -0.39 is 0 Å². The molecule has 1 fully saturated rings. The van der Waals surface area contributed by atoms with Crippen LogP contribution in [0.5, 0.6) is 0 Å². The lowest BCUT2D eigenvalue weighted by Gasteiger charge is -2.17. The van der Waals surface area contributed by atoms with Crippen molar-refractivity contribution in [2.24, 2.45) is 0 Å². The number of benzene rings is 1. The first-order valence-electron chi connectivity index (χ1n) is 8.83. The van der Waals surface area contributed by atoms with Gasteiger partial charge in [-0.3, -0.25) is 9.89 Å². The average Bonchev–Trinajstić information content (AvgIpc) is 3.32. The number of aryl methyl sites for hydroxylation is 2. The Hall–Kier alpha value is -2.63. The first-order chi connectivity index (χ1) is 12.1. The van der Waals surface area contributed by atoms with Gasteiger partial charge in [-0.1, -0.05) is 12.1 Å². The van der Waals surface area contributed by atoms with E-state index in [0.717, 1.165) is 48.4 Å². The second-order valence-electron chi connectivity index (χ2n) is 6.84. The number of para-hydroxylation sites is 2. The summed E-state index contributed by atoms with van der Waals surface area (Å²) in [4.78, 5) is 19.1. The highest BCUT2D eigenvalue weighted by molar-refractivity contribution is 5.77. The van der Waals surface area contributed by atoms with Crippen LogP contribution in [0.3, 0.4) is 0 Å². The molecular formula is C19H23N5O. The quantitative estimate of drug-likeness (QED) is 0.796. The summed E-state index contributed by atoms with van der Waals surface area (Å²) in [6.07, 6.45) is 4.18. The maximum absolute atomic E-state index is 12.6. The Morgan fingerprint density at radius 3 is 2.96 bits per heavy atom. The molecule has 0 unspecified atom stereocenters. The summed E-state index contributed by atoms with van der Waals surface area (Å²) in [5.74, 6) is 0.229. The van der Waals surface area contributed by atoms with Gasteiger partial charge in [0.1, 0.15) is 0 Å². The van der Waals surface area contributed by atoms with Crippen molar-refractivity contribution in [2.75, 3.05) is 13.1 Å². The Bertz CT molecular complexity index is 890. The number of aromatic nitrogens is 4. The van der Waals surface area contributed by atoms with Crippen LogP contribution < -0.4 is 0 Å². The molecule has 0 radical (unpaired) electrons. The van der Waals surface area contributed by atoms with Crippen LogP contribution in [0.25, 0.3) is 11.0 Å². The molecule has 2 aromatic heterocycles. The Kier molecular flexibility index (Phi) is 4.03. The summed E-state index contributed by atoms with van der Waals surface area (Å²) in [6, 6.07) is 8.47. The molecule has 1 saturated heterocycles. The van der Waals surface area contributed by atoms with Crippen LogP contribution in [-0.2, 0) is 11.2 Å². The number of amides is 1. The Morgan fingerprint density at radius 1 is 1.32 bits per heavy atom. The number of aromatic amines is 1. The summed E-state index contributed by atoms with van der Waals surface area (Å²) in [5.41, 5.74) is 5.39. The average molecular weight is 337 g/mol. The van der Waals surface area contributed by atoms with E-state index in [9.17, 15) is 4.79 Å². The Morgan fingerprint density at radius 2 is 2.16 bits per heavy atom. The molecule has 3 heterocycles. The predicted molar refractivity (Wildman–Crippen MR) is 96.3 cm³/mol. The molecule has 1 aliphatic heterocycles. The van der Waals surface area contributed by atoms with Gasteiger partial charge in [0.25, 0.3) is 0 Å². The normalized spacial score (nSPS) is 17.5. The number of H-pyrrole nitrogens is 1. The van der Waals surface area contributed by atoms with Crippen molar-refractivity contribution in [3.63, 3.8) is 0 Å². The van der Waals surface area contributed by atoms with Gasteiger partial charge in [0.05, 0.1) is 29.1 Å². The molecule has 1 N–H and O–H groups in total. The minimum atomic E-state index is 0.229. The van der Waals surface area contributed by atoms with E-state index in [1.807, 2.05) is 43.3 Å². The molecule has 0 saturated carbocycles. The van der Waals surface area contributed by atoms with Gasteiger partial charge in [-0.05, 0) is 44.4 Å². The molecular weight excluding hydrogens is 314 g/mol. The summed E-state index contributed by atoms with van der Waals surface area (Å²) >= 11 is 0. The largest absolute Gasteiger partial charge is 0.341 e. The second-order valence-corrected chi connectivity index (χ2v) is 6.84. The molecule has 6 nitrogen and oxygen atoms in total. The topological polar surface area (TPSA) is 66.8 Å². The maximum atomic E-state index is 12.6. The third-order valence-electron chi connectivity index (χ3n) is 5.26. The predicted octanol–water partition coefficient (Wildman–Crippen LogP) is 2.78. The zero-order valence-electron chi connectivity index (χ0n) is 14.7. The number of hydrogen-bond donors (Lipinski definition) is 1. The third-order valence-corrected chi connectivity index (χ3v) is 5.26. The first kappa shape index (κ1) is 15.9. The fourth-order valence-electron chi connectivity index (χ4n) is 3.80. The monoisotopic (exact) mass is 337 g/mol. The van der Waals surface area contributed by atoms with Gasteiger partial charge in [-0.2, -0.15) is 5.10 Å². The fraction of sp³-hybridized carbons (Fsp3) is 0.421. The van der Waals surface area contributed by atoms with E-state index in [1.165, 1.54) is 5.56 Å². The first-order valence-corrected chi connectivity index (χ1v) is 8.83. The molecule has 130 valence electrons. The fourth-order valence-corrected chi connectivity index (χ4v) is 3.80. The van der Waals surface area contributed by atoms with Gasteiger partial charge in [0.15, 0.2) is 0 Å². The van der Waals surface area contributed by atoms with Crippen LogP contribution in [0.2, 0.25) is 0 Å². The summed E-state index contributed by atoms with van der Waals surface area (Å²) in [7, 11) is 0. The number of carbonyl (C=O) groups is 1. The number of nitrogens with zero attached hydrogens (tertiary/aromatic N) is 4. The lowest BCUT2D eigenvalue weighted by molar-refractivity contribution is -0.130. The SMILES string of the molecule is Cc1n[nH]c(C)c1CCC(=O)N1CC[C@H](n2cnc3ccccc32)C1. The van der Waals surface area contributed by atoms with Crippen molar-refractivity contribution in [3.05, 3.63) is 47.5 Å². The smallest absolute Gasteiger partial charge is 0.222 e. The molecule has 0 bridgehead atoms. The minimum Gasteiger partial charge on any atom is -0.341 e. The molecule has 1 amide bonds. The summed E-state index contributed by atoms with van der Waals surface area (Å²) in [6.45, 7) is 5.58. The van der Waals surface area contributed by atoms with E-state index in [4.69, 9.17) is 0 Å². The van der Waals surface area contributed by atoms with Gasteiger partial charge in [-0.15, -0.1) is 0 Å². The van der Waals surface area contributed by atoms with E-state index >= 15 is 0 Å². The molecule has 6 heteroatoms. The lowest BCUT2D eigenvalue weighted by atomic mass is 10.1. The minimum absolute atomic E-state index is 0.229. The van der Waals surface area contributed by atoms with Crippen molar-refractivity contribution >= 4 is 16.9 Å². The van der Waals surface area contributed by atoms with E-state index in [1.54, 1.807) is 0 Å². The van der Waals surface area contributed by atoms with E-state index in [2.05, 4.69) is 25.8 Å². The molecule has 0 spiro atoms. The Labute approximate surface area is 146 Å². The van der Waals surface area contributed by atoms with Gasteiger partial charge in [0, 0.05) is 25.2 Å². The zero-order chi connectivity index (χ0) is 17.4. The van der Waals surface area contributed by atoms with Crippen LogP contribution in [0.15, 0.2) is 30.6 Å². The lowest BCUT2D eigenvalue weighted by Crippen LogP contribution is -2.29. The molecule has 1 aliphatic rings. The number of likely N-dealkylation sites (tertiary alicyclic amines) is 1. The standard InChI is InChI=1S/C19H23N5O/c1-13-16(14(2)22-21-13)7-8-19(25)23-10-9-15(11-23)24-12-20-17-5-3-4-6-18(17)24/h3-6,12,15H,7-11H2,1-2H3,(H,21,22)/t15-/m0/s1. The zero-order valence-corrected chi connectivity index (χ0v) is 14.7. The molecule has 1 aromatic carbocycles. The molecule has 3 aromatic rings. The van der Waals surface area contributed by atoms with Gasteiger partial charge in [-0.25, -0.2) is 4.98 Å². The van der Waals surface area contributed by atoms with Gasteiger partial charge < -0.3 is 9.47 Å². The number of carbonyl (C=O) groups excluding carboxylic acids is 1. The van der Waals surface area contributed by atoms with E-state index in [0.29, 0.717) is 12.5 Å². The van der Waals surface area contributed by atoms with Crippen LogP contribution >= 0.6 is 0 Å². The summed E-state index contributed by atoms with van der Waals surface area (Å²) < 4.78 is 2.22. The molecule has 0 aliphatic carbocycles. The number of rotatable bonds is 4. The second kappa shape index (κ2) is 6.35. The molecule has 25 heavy (non-hydrogen) atoms. The number of fused-ring (bicyclic) bond motifs is 1. The third kappa shape index (κ3) is 2.92. The number of imidazole rings is 1. The highest BCUT2D eigenvalue weighted by atomic mass is 16.2. The van der Waals surface area contributed by atoms with Crippen LogP contribution in [0.1, 0.15) is 35.8 Å². The van der Waals surface area contributed by atoms with Crippen molar-refractivity contribution in [2.45, 2.75) is 39.2 Å². The Balaban J connectivity index is 1.41. The van der Waals surface area contributed by atoms with Crippen LogP contribution in [0, 0.1) is 13.8 Å². The van der Waals surface area contributed by atoms with Crippen molar-refractivity contribution in [1.29, 1.82) is 0 Å². The maximum Gasteiger partial charge on any atom is 0.222 e. The van der Waals surface area contributed by atoms with Crippen LogP contribution in [-0.4, -0.2) is 43.6 Å².